The first-order valence-electron chi connectivity index (χ1n) is 5.50. The molecule has 94 valence electrons. The molecule has 1 aliphatic rings. The van der Waals surface area contributed by atoms with E-state index in [4.69, 9.17) is 39.5 Å². The summed E-state index contributed by atoms with van der Waals surface area (Å²) >= 11 is 17.6. The van der Waals surface area contributed by atoms with Gasteiger partial charge in [-0.05, 0) is 24.8 Å². The molecule has 1 N–H and O–H groups in total. The molecule has 17 heavy (non-hydrogen) atoms. The second-order valence-electron chi connectivity index (χ2n) is 4.04. The van der Waals surface area contributed by atoms with E-state index in [2.05, 4.69) is 10.3 Å². The number of aromatic nitrogens is 1. The fourth-order valence-corrected chi connectivity index (χ4v) is 2.34. The summed E-state index contributed by atoms with van der Waals surface area (Å²) in [4.78, 5) is 4.10. The Morgan fingerprint density at radius 1 is 1.35 bits per heavy atom. The van der Waals surface area contributed by atoms with Crippen LogP contribution in [0.25, 0.3) is 0 Å². The highest BCUT2D eigenvalue weighted by molar-refractivity contribution is 6.42. The molecule has 1 unspecified atom stereocenters. The monoisotopic (exact) mass is 294 g/mol. The molecule has 6 heteroatoms. The van der Waals surface area contributed by atoms with Crippen molar-refractivity contribution in [3.63, 3.8) is 0 Å². The van der Waals surface area contributed by atoms with E-state index in [1.54, 1.807) is 6.07 Å². The molecule has 1 aliphatic heterocycles. The van der Waals surface area contributed by atoms with E-state index in [1.165, 1.54) is 0 Å². The Morgan fingerprint density at radius 2 is 2.18 bits per heavy atom. The van der Waals surface area contributed by atoms with Gasteiger partial charge in [-0.25, -0.2) is 4.98 Å². The standard InChI is InChI=1S/C11H13Cl3N2O/c12-8-5-9(13)11(16-10(8)14)15-3-1-7-2-4-17-6-7/h5,7H,1-4,6H2,(H,15,16). The van der Waals surface area contributed by atoms with E-state index in [1.807, 2.05) is 0 Å². The van der Waals surface area contributed by atoms with Crippen LogP contribution in [0.3, 0.4) is 0 Å². The second kappa shape index (κ2) is 6.10. The molecule has 0 bridgehead atoms. The van der Waals surface area contributed by atoms with Crippen molar-refractivity contribution in [2.45, 2.75) is 12.8 Å². The molecule has 2 rings (SSSR count). The van der Waals surface area contributed by atoms with Gasteiger partial charge < -0.3 is 10.1 Å². The maximum absolute atomic E-state index is 6.00. The molecule has 1 aromatic rings. The lowest BCUT2D eigenvalue weighted by Crippen LogP contribution is -2.10. The van der Waals surface area contributed by atoms with E-state index in [9.17, 15) is 0 Å². The van der Waals surface area contributed by atoms with Gasteiger partial charge in [-0.15, -0.1) is 0 Å². The average molecular weight is 296 g/mol. The largest absolute Gasteiger partial charge is 0.381 e. The molecule has 2 heterocycles. The van der Waals surface area contributed by atoms with Crippen molar-refractivity contribution >= 4 is 40.6 Å². The zero-order valence-electron chi connectivity index (χ0n) is 9.18. The van der Waals surface area contributed by atoms with Crippen molar-refractivity contribution in [1.82, 2.24) is 4.98 Å². The molecule has 0 aliphatic carbocycles. The van der Waals surface area contributed by atoms with Crippen molar-refractivity contribution in [2.24, 2.45) is 5.92 Å². The van der Waals surface area contributed by atoms with Gasteiger partial charge in [0, 0.05) is 19.8 Å². The van der Waals surface area contributed by atoms with Gasteiger partial charge in [0.2, 0.25) is 0 Å². The molecule has 3 nitrogen and oxygen atoms in total. The number of rotatable bonds is 4. The number of nitrogens with zero attached hydrogens (tertiary/aromatic N) is 1. The number of halogens is 3. The van der Waals surface area contributed by atoms with Gasteiger partial charge in [-0.2, -0.15) is 0 Å². The Labute approximate surface area is 115 Å². The van der Waals surface area contributed by atoms with E-state index < -0.39 is 0 Å². The minimum Gasteiger partial charge on any atom is -0.381 e. The van der Waals surface area contributed by atoms with Crippen LogP contribution in [0.1, 0.15) is 12.8 Å². The van der Waals surface area contributed by atoms with Gasteiger partial charge >= 0.3 is 0 Å². The quantitative estimate of drug-likeness (QED) is 0.856. The fraction of sp³-hybridized carbons (Fsp3) is 0.545. The van der Waals surface area contributed by atoms with Crippen LogP contribution >= 0.6 is 34.8 Å². The van der Waals surface area contributed by atoms with Crippen LogP contribution in [0.2, 0.25) is 15.2 Å². The first kappa shape index (κ1) is 13.2. The van der Waals surface area contributed by atoms with Crippen molar-refractivity contribution in [3.8, 4) is 0 Å². The molecule has 0 radical (unpaired) electrons. The molecule has 1 atom stereocenters. The molecule has 0 spiro atoms. The van der Waals surface area contributed by atoms with Crippen LogP contribution in [0.15, 0.2) is 6.07 Å². The lowest BCUT2D eigenvalue weighted by molar-refractivity contribution is 0.185. The first-order valence-corrected chi connectivity index (χ1v) is 6.63. The van der Waals surface area contributed by atoms with Crippen LogP contribution in [0.5, 0.6) is 0 Å². The molecule has 1 saturated heterocycles. The van der Waals surface area contributed by atoms with Crippen molar-refractivity contribution in [3.05, 3.63) is 21.3 Å². The molecule has 1 fully saturated rings. The average Bonchev–Trinajstić information content (AvgIpc) is 2.78. The highest BCUT2D eigenvalue weighted by Crippen LogP contribution is 2.29. The number of hydrogen-bond donors (Lipinski definition) is 1. The van der Waals surface area contributed by atoms with E-state index >= 15 is 0 Å². The third kappa shape index (κ3) is 3.62. The number of pyridine rings is 1. The van der Waals surface area contributed by atoms with Crippen LogP contribution in [-0.2, 0) is 4.74 Å². The number of hydrogen-bond acceptors (Lipinski definition) is 3. The predicted molar refractivity (Wildman–Crippen MR) is 71.3 cm³/mol. The number of ether oxygens (including phenoxy) is 1. The van der Waals surface area contributed by atoms with Crippen LogP contribution in [-0.4, -0.2) is 24.7 Å². The predicted octanol–water partition coefficient (Wildman–Crippen LogP) is 3.88. The summed E-state index contributed by atoms with van der Waals surface area (Å²) in [5, 5.41) is 4.29. The summed E-state index contributed by atoms with van der Waals surface area (Å²) in [6, 6.07) is 1.60. The summed E-state index contributed by atoms with van der Waals surface area (Å²) in [6.45, 7) is 2.53. The maximum atomic E-state index is 6.00. The Bertz CT molecular complexity index is 395. The molecule has 0 saturated carbocycles. The van der Waals surface area contributed by atoms with E-state index in [0.717, 1.165) is 32.6 Å². The molecule has 1 aromatic heterocycles. The van der Waals surface area contributed by atoms with Crippen molar-refractivity contribution in [2.75, 3.05) is 25.1 Å². The summed E-state index contributed by atoms with van der Waals surface area (Å²) in [6.07, 6.45) is 2.17. The summed E-state index contributed by atoms with van der Waals surface area (Å²) in [5.41, 5.74) is 0. The Kier molecular flexibility index (Phi) is 4.74. The van der Waals surface area contributed by atoms with E-state index in [0.29, 0.717) is 21.8 Å². The number of anilines is 1. The molecule has 0 aromatic carbocycles. The highest BCUT2D eigenvalue weighted by Gasteiger charge is 2.15. The molecule has 0 amide bonds. The van der Waals surface area contributed by atoms with Crippen molar-refractivity contribution in [1.29, 1.82) is 0 Å². The minimum atomic E-state index is 0.266. The fourth-order valence-electron chi connectivity index (χ4n) is 1.77. The van der Waals surface area contributed by atoms with Gasteiger partial charge in [0.1, 0.15) is 11.0 Å². The lowest BCUT2D eigenvalue weighted by atomic mass is 10.1. The van der Waals surface area contributed by atoms with Gasteiger partial charge in [0.05, 0.1) is 10.0 Å². The second-order valence-corrected chi connectivity index (χ2v) is 5.21. The summed E-state index contributed by atoms with van der Waals surface area (Å²) < 4.78 is 5.31. The summed E-state index contributed by atoms with van der Waals surface area (Å²) in [7, 11) is 0. The van der Waals surface area contributed by atoms with Crippen LogP contribution in [0.4, 0.5) is 5.82 Å². The van der Waals surface area contributed by atoms with E-state index in [-0.39, 0.29) is 5.15 Å². The number of nitrogens with one attached hydrogen (secondary N) is 1. The third-order valence-corrected chi connectivity index (χ3v) is 3.72. The Balaban J connectivity index is 1.87. The van der Waals surface area contributed by atoms with Gasteiger partial charge in [0.25, 0.3) is 0 Å². The normalized spacial score (nSPS) is 19.6. The van der Waals surface area contributed by atoms with Gasteiger partial charge in [-0.1, -0.05) is 34.8 Å². The molecular weight excluding hydrogens is 282 g/mol. The Hall–Kier alpha value is -0.220. The SMILES string of the molecule is Clc1cc(Cl)c(NCCC2CCOC2)nc1Cl. The lowest BCUT2D eigenvalue weighted by Gasteiger charge is -2.11. The smallest absolute Gasteiger partial charge is 0.150 e. The van der Waals surface area contributed by atoms with Gasteiger partial charge in [0.15, 0.2) is 0 Å². The Morgan fingerprint density at radius 3 is 2.88 bits per heavy atom. The maximum Gasteiger partial charge on any atom is 0.150 e. The highest BCUT2D eigenvalue weighted by atomic mass is 35.5. The zero-order valence-corrected chi connectivity index (χ0v) is 11.4. The topological polar surface area (TPSA) is 34.1 Å². The minimum absolute atomic E-state index is 0.266. The first-order chi connectivity index (χ1) is 8.16. The van der Waals surface area contributed by atoms with Crippen LogP contribution < -0.4 is 5.32 Å². The van der Waals surface area contributed by atoms with Crippen molar-refractivity contribution < 1.29 is 4.74 Å². The molecular formula is C11H13Cl3N2O. The van der Waals surface area contributed by atoms with Gasteiger partial charge in [-0.3, -0.25) is 0 Å². The van der Waals surface area contributed by atoms with Crippen LogP contribution in [0, 0.1) is 5.92 Å². The summed E-state index contributed by atoms with van der Waals surface area (Å²) in [5.74, 6) is 1.21. The zero-order chi connectivity index (χ0) is 12.3. The third-order valence-electron chi connectivity index (χ3n) is 2.76.